The monoisotopic (exact) mass is 1570 g/mol. The Morgan fingerprint density at radius 3 is 0.427 bits per heavy atom. The molecule has 0 atom stereocenters. The molecule has 0 bridgehead atoms. The molecule has 0 unspecified atom stereocenters. The van der Waals surface area contributed by atoms with Crippen molar-refractivity contribution >= 4 is 23.9 Å². The summed E-state index contributed by atoms with van der Waals surface area (Å²) in [6.07, 6.45) is 88.8. The normalized spacial score (nSPS) is 11.5. The third-order valence-electron chi connectivity index (χ3n) is 14.3. The van der Waals surface area contributed by atoms with Crippen LogP contribution in [0, 0.1) is 0 Å². The first kappa shape index (κ1) is 122. The van der Waals surface area contributed by atoms with Crippen LogP contribution in [0.5, 0.6) is 0 Å². The summed E-state index contributed by atoms with van der Waals surface area (Å²) in [6, 6.07) is 0. The number of aliphatic carboxylic acids is 4. The van der Waals surface area contributed by atoms with E-state index in [1.165, 1.54) is 51.4 Å². The summed E-state index contributed by atoms with van der Waals surface area (Å²) >= 11 is 0. The van der Waals surface area contributed by atoms with Crippen molar-refractivity contribution in [3.63, 3.8) is 0 Å². The van der Waals surface area contributed by atoms with Gasteiger partial charge >= 0.3 is 23.9 Å². The lowest BCUT2D eigenvalue weighted by atomic mass is 10.1. The maximum absolute atomic E-state index is 10.3. The first-order valence-electron chi connectivity index (χ1n) is 40.3. The highest BCUT2D eigenvalue weighted by Crippen LogP contribution is 2.12. The first-order chi connectivity index (χ1) is 53.1. The van der Waals surface area contributed by atoms with Crippen LogP contribution < -0.4 is 0 Å². The lowest BCUT2D eigenvalue weighted by molar-refractivity contribution is -0.138. The molecule has 0 spiro atoms. The van der Waals surface area contributed by atoms with Gasteiger partial charge in [0.15, 0.2) is 0 Å². The predicted octanol–water partition coefficient (Wildman–Crippen LogP) is 14.3. The summed E-state index contributed by atoms with van der Waals surface area (Å²) in [5.74, 6) is -2.70. The van der Waals surface area contributed by atoms with E-state index in [1.807, 2.05) is 0 Å². The van der Waals surface area contributed by atoms with E-state index in [2.05, 4.69) is 174 Å². The largest absolute Gasteiger partial charge is 0.481 e. The van der Waals surface area contributed by atoms with Crippen molar-refractivity contribution in [1.82, 2.24) is 0 Å². The van der Waals surface area contributed by atoms with Gasteiger partial charge in [0.2, 0.25) is 0 Å². The molecule has 0 radical (unpaired) electrons. The molecule has 0 aromatic carbocycles. The average molecular weight is 1570 g/mol. The SMILES string of the molecule is CC/C=C\C/C=C\C/C=C\CCCCCCCC(=O)O.CC/C=C\C/C=C\C/C=C\CCCCCCCC(=O)O.CC/C=C\C/C=C\C/C=C\CCCCCCCC(=O)O.CC/C=C\C/C=C\C/C=C\CCCCCCCC(=O)O.OCC(O)CO.OCC(O)CO.OCC(O)CO.OCC(O)CO.OCC(O)CO. The highest BCUT2D eigenvalue weighted by molar-refractivity contribution is 5.67. The number of unbranched alkanes of at least 4 members (excludes halogenated alkanes) is 20. The summed E-state index contributed by atoms with van der Waals surface area (Å²) in [4.78, 5) is 41.3. The molecule has 23 heteroatoms. The molecule has 0 aliphatic rings. The molecule has 0 aliphatic carbocycles. The Hall–Kier alpha value is -5.84. The zero-order chi connectivity index (χ0) is 84.5. The fourth-order valence-electron chi connectivity index (χ4n) is 7.87. The molecule has 19 N–H and O–H groups in total. The number of hydrogen-bond acceptors (Lipinski definition) is 19. The summed E-state index contributed by atoms with van der Waals surface area (Å²) in [5, 5.41) is 154. The lowest BCUT2D eigenvalue weighted by Crippen LogP contribution is -2.15. The molecule has 0 aromatic rings. The van der Waals surface area contributed by atoms with Gasteiger partial charge in [-0.05, 0) is 154 Å². The predicted molar refractivity (Wildman–Crippen MR) is 448 cm³/mol. The number of carboxylic acid groups (broad SMARTS) is 4. The minimum absolute atomic E-state index is 0.319. The molecule has 110 heavy (non-hydrogen) atoms. The summed E-state index contributed by atoms with van der Waals surface area (Å²) in [6.45, 7) is 4.95. The molecule has 0 amide bonds. The van der Waals surface area contributed by atoms with Gasteiger partial charge in [-0.25, -0.2) is 0 Å². The molecular weight excluding hydrogens is 1410 g/mol. The number of aliphatic hydroxyl groups is 15. The number of carboxylic acids is 4. The molecule has 0 fully saturated rings. The fraction of sp³-hybridized carbons (Fsp3) is 0.678. The van der Waals surface area contributed by atoms with Crippen LogP contribution in [0.3, 0.4) is 0 Å². The number of aliphatic hydroxyl groups excluding tert-OH is 15. The number of rotatable bonds is 62. The number of allylic oxidation sites excluding steroid dienone is 24. The Bertz CT molecular complexity index is 1840. The van der Waals surface area contributed by atoms with Gasteiger partial charge in [-0.1, -0.05) is 251 Å². The van der Waals surface area contributed by atoms with Crippen molar-refractivity contribution in [2.45, 2.75) is 315 Å². The topological polar surface area (TPSA) is 453 Å². The van der Waals surface area contributed by atoms with Gasteiger partial charge in [-0.2, -0.15) is 0 Å². The van der Waals surface area contributed by atoms with Crippen molar-refractivity contribution < 1.29 is 116 Å². The van der Waals surface area contributed by atoms with Crippen LogP contribution in [0.25, 0.3) is 0 Å². The Morgan fingerprint density at radius 1 is 0.191 bits per heavy atom. The minimum Gasteiger partial charge on any atom is -0.481 e. The van der Waals surface area contributed by atoms with Crippen LogP contribution in [0.4, 0.5) is 0 Å². The molecule has 0 saturated heterocycles. The lowest BCUT2D eigenvalue weighted by Gasteiger charge is -1.98. The Morgan fingerprint density at radius 2 is 0.309 bits per heavy atom. The molecule has 646 valence electrons. The molecule has 0 heterocycles. The van der Waals surface area contributed by atoms with E-state index in [9.17, 15) is 19.2 Å². The summed E-state index contributed by atoms with van der Waals surface area (Å²) < 4.78 is 0. The van der Waals surface area contributed by atoms with Gasteiger partial charge in [-0.15, -0.1) is 0 Å². The van der Waals surface area contributed by atoms with Crippen molar-refractivity contribution in [1.29, 1.82) is 0 Å². The fourth-order valence-corrected chi connectivity index (χ4v) is 7.87. The van der Waals surface area contributed by atoms with E-state index in [-0.39, 0.29) is 66.1 Å². The quantitative estimate of drug-likeness (QED) is 0.0199. The van der Waals surface area contributed by atoms with E-state index in [0.29, 0.717) is 25.7 Å². The van der Waals surface area contributed by atoms with Gasteiger partial charge in [0.05, 0.1) is 66.1 Å². The third kappa shape index (κ3) is 155. The zero-order valence-corrected chi connectivity index (χ0v) is 68.2. The van der Waals surface area contributed by atoms with Crippen LogP contribution in [0.15, 0.2) is 146 Å². The summed E-state index contributed by atoms with van der Waals surface area (Å²) in [5.41, 5.74) is 0. The van der Waals surface area contributed by atoms with E-state index in [4.69, 9.17) is 97.0 Å². The van der Waals surface area contributed by atoms with Crippen molar-refractivity contribution in [3.05, 3.63) is 146 Å². The van der Waals surface area contributed by atoms with Gasteiger partial charge < -0.3 is 97.0 Å². The highest BCUT2D eigenvalue weighted by Gasteiger charge is 2.01. The van der Waals surface area contributed by atoms with Gasteiger partial charge in [-0.3, -0.25) is 19.2 Å². The molecule has 0 saturated carbocycles. The molecular formula is C87H160O23. The van der Waals surface area contributed by atoms with Gasteiger partial charge in [0.25, 0.3) is 0 Å². The van der Waals surface area contributed by atoms with E-state index < -0.39 is 54.4 Å². The first-order valence-corrected chi connectivity index (χ1v) is 40.3. The van der Waals surface area contributed by atoms with Gasteiger partial charge in [0, 0.05) is 25.7 Å². The maximum atomic E-state index is 10.3. The van der Waals surface area contributed by atoms with E-state index in [1.54, 1.807) is 0 Å². The number of hydrogen-bond donors (Lipinski definition) is 19. The molecule has 23 nitrogen and oxygen atoms in total. The Balaban J connectivity index is -0.000000157. The second kappa shape index (κ2) is 119. The highest BCUT2D eigenvalue weighted by atomic mass is 16.4. The van der Waals surface area contributed by atoms with Crippen LogP contribution in [0.1, 0.15) is 285 Å². The Labute approximate surface area is 664 Å². The maximum Gasteiger partial charge on any atom is 0.303 e. The molecule has 0 aromatic heterocycles. The average Bonchev–Trinajstić information content (AvgIpc) is 2.66. The van der Waals surface area contributed by atoms with Crippen LogP contribution in [0.2, 0.25) is 0 Å². The molecule has 0 aliphatic heterocycles. The van der Waals surface area contributed by atoms with Crippen molar-refractivity contribution in [2.24, 2.45) is 0 Å². The minimum atomic E-state index is -0.954. The van der Waals surface area contributed by atoms with Crippen LogP contribution >= 0.6 is 0 Å². The molecule has 0 rings (SSSR count). The van der Waals surface area contributed by atoms with Crippen LogP contribution in [-0.2, 0) is 19.2 Å². The van der Waals surface area contributed by atoms with Crippen LogP contribution in [-0.4, -0.2) is 217 Å². The standard InChI is InChI=1S/4C18H30O2.5C3H8O3/c4*1-2-3-4-5-6-7-8-9-10-11-12-13-14-15-16-17-18(19)20;5*4-1-3(6)2-5/h4*3-4,6-7,9-10H,2,5,8,11-17H2,1H3,(H,19,20);5*3-6H,1-2H2/b4*4-3-,7-6-,10-9-;;;;;. The van der Waals surface area contributed by atoms with Crippen molar-refractivity contribution in [3.8, 4) is 0 Å². The number of carbonyl (C=O) groups is 4. The van der Waals surface area contributed by atoms with E-state index in [0.717, 1.165) is 180 Å². The van der Waals surface area contributed by atoms with Crippen molar-refractivity contribution in [2.75, 3.05) is 66.1 Å². The summed E-state index contributed by atoms with van der Waals surface area (Å²) in [7, 11) is 0. The second-order valence-corrected chi connectivity index (χ2v) is 25.1. The smallest absolute Gasteiger partial charge is 0.303 e. The van der Waals surface area contributed by atoms with E-state index >= 15 is 0 Å². The van der Waals surface area contributed by atoms with Gasteiger partial charge in [0.1, 0.15) is 30.5 Å². The third-order valence-corrected chi connectivity index (χ3v) is 14.3. The second-order valence-electron chi connectivity index (χ2n) is 25.1. The Kier molecular flexibility index (Phi) is 132. The zero-order valence-electron chi connectivity index (χ0n) is 68.2.